The summed E-state index contributed by atoms with van der Waals surface area (Å²) in [7, 11) is 0. The van der Waals surface area contributed by atoms with E-state index in [1.165, 1.54) is 12.1 Å². The third-order valence-electron chi connectivity index (χ3n) is 3.65. The van der Waals surface area contributed by atoms with Crippen LogP contribution in [0.25, 0.3) is 0 Å². The zero-order valence-electron chi connectivity index (χ0n) is 14.0. The average Bonchev–Trinajstić information content (AvgIpc) is 2.58. The number of aromatic hydroxyl groups is 1. The standard InChI is InChI=1S/C19H21Cl2NO3/c1-2-3-4-5-10-22-19(24)13-6-8-18(16(23)11-13)25-17-9-7-14(20)12-15(17)21/h6-9,11-12,23H,2-5,10H2,1H3,(H,22,24). The first kappa shape index (κ1) is 19.4. The number of benzene rings is 2. The van der Waals surface area contributed by atoms with E-state index in [-0.39, 0.29) is 17.4 Å². The molecule has 2 rings (SSSR count). The maximum Gasteiger partial charge on any atom is 0.251 e. The first-order chi connectivity index (χ1) is 12.0. The first-order valence-electron chi connectivity index (χ1n) is 8.25. The van der Waals surface area contributed by atoms with Crippen molar-refractivity contribution in [2.24, 2.45) is 0 Å². The normalized spacial score (nSPS) is 10.5. The van der Waals surface area contributed by atoms with E-state index in [0.29, 0.717) is 27.9 Å². The highest BCUT2D eigenvalue weighted by atomic mass is 35.5. The number of carbonyl (C=O) groups excluding carboxylic acids is 1. The molecule has 0 aliphatic heterocycles. The molecule has 0 saturated carbocycles. The minimum absolute atomic E-state index is 0.135. The van der Waals surface area contributed by atoms with Gasteiger partial charge in [0.1, 0.15) is 5.75 Å². The Hall–Kier alpha value is -1.91. The van der Waals surface area contributed by atoms with Gasteiger partial charge in [-0.3, -0.25) is 4.79 Å². The molecule has 6 heteroatoms. The average molecular weight is 382 g/mol. The van der Waals surface area contributed by atoms with Gasteiger partial charge in [-0.1, -0.05) is 49.4 Å². The third kappa shape index (κ3) is 5.83. The quantitative estimate of drug-likeness (QED) is 0.567. The Morgan fingerprint density at radius 3 is 2.52 bits per heavy atom. The number of rotatable bonds is 8. The van der Waals surface area contributed by atoms with Gasteiger partial charge in [-0.15, -0.1) is 0 Å². The number of amides is 1. The summed E-state index contributed by atoms with van der Waals surface area (Å²) < 4.78 is 5.58. The number of hydrogen-bond donors (Lipinski definition) is 2. The summed E-state index contributed by atoms with van der Waals surface area (Å²) in [6.45, 7) is 2.76. The van der Waals surface area contributed by atoms with Crippen LogP contribution in [0.3, 0.4) is 0 Å². The van der Waals surface area contributed by atoms with Crippen molar-refractivity contribution in [2.45, 2.75) is 32.6 Å². The number of nitrogens with one attached hydrogen (secondary N) is 1. The second-order valence-corrected chi connectivity index (χ2v) is 6.52. The van der Waals surface area contributed by atoms with Crippen LogP contribution in [-0.4, -0.2) is 17.6 Å². The summed E-state index contributed by atoms with van der Waals surface area (Å²) in [6, 6.07) is 9.31. The van der Waals surface area contributed by atoms with Crippen molar-refractivity contribution < 1.29 is 14.6 Å². The van der Waals surface area contributed by atoms with E-state index in [4.69, 9.17) is 27.9 Å². The molecule has 4 nitrogen and oxygen atoms in total. The van der Waals surface area contributed by atoms with Crippen LogP contribution >= 0.6 is 23.2 Å². The summed E-state index contributed by atoms with van der Waals surface area (Å²) in [5.74, 6) is 0.228. The van der Waals surface area contributed by atoms with Gasteiger partial charge >= 0.3 is 0 Å². The molecule has 0 aliphatic rings. The highest BCUT2D eigenvalue weighted by molar-refractivity contribution is 6.35. The lowest BCUT2D eigenvalue weighted by molar-refractivity contribution is 0.0952. The molecule has 2 aromatic rings. The molecular formula is C19H21Cl2NO3. The zero-order chi connectivity index (χ0) is 18.2. The van der Waals surface area contributed by atoms with Crippen LogP contribution in [-0.2, 0) is 0 Å². The molecule has 0 aromatic heterocycles. The fraction of sp³-hybridized carbons (Fsp3) is 0.316. The van der Waals surface area contributed by atoms with Crippen LogP contribution in [0.5, 0.6) is 17.2 Å². The molecule has 2 aromatic carbocycles. The van der Waals surface area contributed by atoms with E-state index < -0.39 is 0 Å². The van der Waals surface area contributed by atoms with Crippen molar-refractivity contribution in [2.75, 3.05) is 6.54 Å². The number of hydrogen-bond acceptors (Lipinski definition) is 3. The third-order valence-corrected chi connectivity index (χ3v) is 4.18. The molecule has 0 radical (unpaired) electrons. The number of unbranched alkanes of at least 4 members (excludes halogenated alkanes) is 3. The SMILES string of the molecule is CCCCCCNC(=O)c1ccc(Oc2ccc(Cl)cc2Cl)c(O)c1. The minimum Gasteiger partial charge on any atom is -0.504 e. The summed E-state index contributed by atoms with van der Waals surface area (Å²) in [4.78, 5) is 12.1. The number of ether oxygens (including phenoxy) is 1. The van der Waals surface area contributed by atoms with Gasteiger partial charge < -0.3 is 15.2 Å². The molecule has 134 valence electrons. The first-order valence-corrected chi connectivity index (χ1v) is 9.01. The Morgan fingerprint density at radius 1 is 1.08 bits per heavy atom. The maximum absolute atomic E-state index is 12.1. The lowest BCUT2D eigenvalue weighted by Crippen LogP contribution is -2.24. The molecule has 0 unspecified atom stereocenters. The molecule has 0 spiro atoms. The fourth-order valence-corrected chi connectivity index (χ4v) is 2.72. The maximum atomic E-state index is 12.1. The lowest BCUT2D eigenvalue weighted by atomic mass is 10.1. The predicted molar refractivity (Wildman–Crippen MR) is 101 cm³/mol. The van der Waals surface area contributed by atoms with E-state index in [1.807, 2.05) is 0 Å². The Labute approximate surface area is 157 Å². The highest BCUT2D eigenvalue weighted by Crippen LogP contribution is 2.36. The van der Waals surface area contributed by atoms with Crippen molar-refractivity contribution >= 4 is 29.1 Å². The molecule has 0 bridgehead atoms. The van der Waals surface area contributed by atoms with Crippen LogP contribution < -0.4 is 10.1 Å². The summed E-state index contributed by atoms with van der Waals surface area (Å²) in [5.41, 5.74) is 0.377. The predicted octanol–water partition coefficient (Wildman–Crippen LogP) is 5.80. The van der Waals surface area contributed by atoms with Crippen molar-refractivity contribution in [1.82, 2.24) is 5.32 Å². The number of phenolic OH excluding ortho intramolecular Hbond substituents is 1. The number of carbonyl (C=O) groups is 1. The molecule has 2 N–H and O–H groups in total. The molecule has 0 saturated heterocycles. The van der Waals surface area contributed by atoms with E-state index in [9.17, 15) is 9.90 Å². The van der Waals surface area contributed by atoms with Crippen LogP contribution in [0.15, 0.2) is 36.4 Å². The van der Waals surface area contributed by atoms with Gasteiger partial charge in [-0.25, -0.2) is 0 Å². The molecule has 0 fully saturated rings. The highest BCUT2D eigenvalue weighted by Gasteiger charge is 2.12. The second kappa shape index (κ2) is 9.54. The van der Waals surface area contributed by atoms with Crippen LogP contribution in [0.2, 0.25) is 10.0 Å². The van der Waals surface area contributed by atoms with Gasteiger partial charge in [0.05, 0.1) is 5.02 Å². The second-order valence-electron chi connectivity index (χ2n) is 5.68. The van der Waals surface area contributed by atoms with E-state index in [2.05, 4.69) is 12.2 Å². The Kier molecular flexibility index (Phi) is 7.41. The largest absolute Gasteiger partial charge is 0.504 e. The molecule has 1 amide bonds. The summed E-state index contributed by atoms with van der Waals surface area (Å²) in [5, 5.41) is 13.8. The van der Waals surface area contributed by atoms with Gasteiger partial charge in [0.15, 0.2) is 11.5 Å². The zero-order valence-corrected chi connectivity index (χ0v) is 15.5. The number of phenols is 1. The summed E-state index contributed by atoms with van der Waals surface area (Å²) in [6.07, 6.45) is 4.36. The number of halogens is 2. The van der Waals surface area contributed by atoms with Gasteiger partial charge in [0.25, 0.3) is 5.91 Å². The van der Waals surface area contributed by atoms with Gasteiger partial charge in [-0.05, 0) is 42.8 Å². The Bertz CT molecular complexity index is 735. The van der Waals surface area contributed by atoms with Crippen LogP contribution in [0, 0.1) is 0 Å². The lowest BCUT2D eigenvalue weighted by Gasteiger charge is -2.11. The van der Waals surface area contributed by atoms with Crippen molar-refractivity contribution in [1.29, 1.82) is 0 Å². The van der Waals surface area contributed by atoms with Crippen LogP contribution in [0.1, 0.15) is 43.0 Å². The van der Waals surface area contributed by atoms with Crippen molar-refractivity contribution in [3.8, 4) is 17.2 Å². The molecule has 0 atom stereocenters. The minimum atomic E-state index is -0.220. The fourth-order valence-electron chi connectivity index (χ4n) is 2.28. The van der Waals surface area contributed by atoms with Crippen LogP contribution in [0.4, 0.5) is 0 Å². The van der Waals surface area contributed by atoms with E-state index in [0.717, 1.165) is 25.7 Å². The molecule has 0 heterocycles. The monoisotopic (exact) mass is 381 g/mol. The molecule has 25 heavy (non-hydrogen) atoms. The van der Waals surface area contributed by atoms with Gasteiger partial charge in [0.2, 0.25) is 0 Å². The molecular weight excluding hydrogens is 361 g/mol. The van der Waals surface area contributed by atoms with Gasteiger partial charge in [-0.2, -0.15) is 0 Å². The molecule has 0 aliphatic carbocycles. The smallest absolute Gasteiger partial charge is 0.251 e. The van der Waals surface area contributed by atoms with E-state index >= 15 is 0 Å². The van der Waals surface area contributed by atoms with Gasteiger partial charge in [0, 0.05) is 17.1 Å². The van der Waals surface area contributed by atoms with E-state index in [1.54, 1.807) is 24.3 Å². The topological polar surface area (TPSA) is 58.6 Å². The summed E-state index contributed by atoms with van der Waals surface area (Å²) >= 11 is 11.9. The Morgan fingerprint density at radius 2 is 1.84 bits per heavy atom. The van der Waals surface area contributed by atoms with Crippen molar-refractivity contribution in [3.63, 3.8) is 0 Å². The van der Waals surface area contributed by atoms with Crippen molar-refractivity contribution in [3.05, 3.63) is 52.0 Å². The Balaban J connectivity index is 1.98.